The maximum absolute atomic E-state index is 5.92. The van der Waals surface area contributed by atoms with Crippen LogP contribution in [0.3, 0.4) is 0 Å². The van der Waals surface area contributed by atoms with Crippen LogP contribution in [-0.4, -0.2) is 39.4 Å². The first kappa shape index (κ1) is 11.4. The molecule has 6 heteroatoms. The summed E-state index contributed by atoms with van der Waals surface area (Å²) in [6.07, 6.45) is 5.75. The van der Waals surface area contributed by atoms with Crippen LogP contribution in [0.5, 0.6) is 5.88 Å². The van der Waals surface area contributed by atoms with E-state index in [1.54, 1.807) is 10.9 Å². The van der Waals surface area contributed by atoms with Crippen molar-refractivity contribution in [3.8, 4) is 5.88 Å². The molecule has 0 aliphatic heterocycles. The number of rotatable bonds is 4. The summed E-state index contributed by atoms with van der Waals surface area (Å²) in [6.45, 7) is 1.06. The van der Waals surface area contributed by atoms with Gasteiger partial charge >= 0.3 is 0 Å². The molecule has 0 atom stereocenters. The topological polar surface area (TPSA) is 64.9 Å². The van der Waals surface area contributed by atoms with Gasteiger partial charge in [-0.3, -0.25) is 4.68 Å². The van der Waals surface area contributed by atoms with Crippen molar-refractivity contribution in [3.05, 3.63) is 12.5 Å². The monoisotopic (exact) mass is 247 g/mol. The lowest BCUT2D eigenvalue weighted by atomic mass is 9.82. The molecule has 1 N–H and O–H groups in total. The van der Waals surface area contributed by atoms with Crippen LogP contribution in [0.25, 0.3) is 11.0 Å². The maximum Gasteiger partial charge on any atom is 0.228 e. The molecular formula is C12H17N5O. The quantitative estimate of drug-likeness (QED) is 0.863. The zero-order valence-corrected chi connectivity index (χ0v) is 10.6. The van der Waals surface area contributed by atoms with Gasteiger partial charge in [-0.25, -0.2) is 9.97 Å². The molecule has 96 valence electrons. The lowest BCUT2D eigenvalue weighted by molar-refractivity contribution is 0.0631. The average Bonchev–Trinajstić information content (AvgIpc) is 2.70. The molecule has 1 aliphatic carbocycles. The molecule has 0 bridgehead atoms. The van der Waals surface area contributed by atoms with Gasteiger partial charge < -0.3 is 10.1 Å². The molecule has 0 amide bonds. The van der Waals surface area contributed by atoms with E-state index in [0.717, 1.165) is 36.3 Å². The van der Waals surface area contributed by atoms with E-state index in [1.165, 1.54) is 6.33 Å². The van der Waals surface area contributed by atoms with Crippen molar-refractivity contribution in [1.82, 2.24) is 25.1 Å². The minimum Gasteiger partial charge on any atom is -0.474 e. The Morgan fingerprint density at radius 3 is 3.06 bits per heavy atom. The Kier molecular flexibility index (Phi) is 2.87. The Labute approximate surface area is 105 Å². The Morgan fingerprint density at radius 2 is 2.28 bits per heavy atom. The van der Waals surface area contributed by atoms with E-state index in [1.807, 2.05) is 14.1 Å². The summed E-state index contributed by atoms with van der Waals surface area (Å²) < 4.78 is 7.65. The number of aromatic nitrogens is 4. The lowest BCUT2D eigenvalue weighted by Gasteiger charge is -2.34. The minimum absolute atomic E-state index is 0.279. The summed E-state index contributed by atoms with van der Waals surface area (Å²) >= 11 is 0. The first-order valence-corrected chi connectivity index (χ1v) is 6.22. The molecule has 6 nitrogen and oxygen atoms in total. The smallest absolute Gasteiger partial charge is 0.228 e. The van der Waals surface area contributed by atoms with E-state index in [-0.39, 0.29) is 6.10 Å². The van der Waals surface area contributed by atoms with Crippen molar-refractivity contribution in [2.45, 2.75) is 18.9 Å². The van der Waals surface area contributed by atoms with Gasteiger partial charge in [-0.15, -0.1) is 0 Å². The Bertz CT molecular complexity index is 546. The van der Waals surface area contributed by atoms with Gasteiger partial charge in [0.15, 0.2) is 5.65 Å². The molecule has 0 spiro atoms. The third-order valence-electron chi connectivity index (χ3n) is 3.46. The highest BCUT2D eigenvalue weighted by molar-refractivity contribution is 5.79. The first-order valence-electron chi connectivity index (χ1n) is 6.22. The fourth-order valence-corrected chi connectivity index (χ4v) is 2.42. The molecule has 3 rings (SSSR count). The van der Waals surface area contributed by atoms with Crippen LogP contribution in [0.15, 0.2) is 12.5 Å². The van der Waals surface area contributed by atoms with E-state index in [9.17, 15) is 0 Å². The van der Waals surface area contributed by atoms with Gasteiger partial charge in [0.1, 0.15) is 17.8 Å². The molecule has 2 aromatic heterocycles. The second-order valence-electron chi connectivity index (χ2n) is 4.82. The minimum atomic E-state index is 0.279. The van der Waals surface area contributed by atoms with E-state index < -0.39 is 0 Å². The van der Waals surface area contributed by atoms with Gasteiger partial charge in [0, 0.05) is 7.05 Å². The Balaban J connectivity index is 1.72. The predicted molar refractivity (Wildman–Crippen MR) is 67.4 cm³/mol. The third-order valence-corrected chi connectivity index (χ3v) is 3.46. The average molecular weight is 247 g/mol. The summed E-state index contributed by atoms with van der Waals surface area (Å²) in [5.41, 5.74) is 0.811. The number of ether oxygens (including phenoxy) is 1. The van der Waals surface area contributed by atoms with Crippen LogP contribution in [0.1, 0.15) is 12.8 Å². The SMILES string of the molecule is CNCC1CC(Oc2ncnc3c2cnn3C)C1. The van der Waals surface area contributed by atoms with E-state index in [2.05, 4.69) is 20.4 Å². The molecule has 1 fully saturated rings. The zero-order chi connectivity index (χ0) is 12.5. The predicted octanol–water partition coefficient (Wildman–Crippen LogP) is 0.740. The van der Waals surface area contributed by atoms with Crippen molar-refractivity contribution in [2.24, 2.45) is 13.0 Å². The summed E-state index contributed by atoms with van der Waals surface area (Å²) in [4.78, 5) is 8.41. The second-order valence-corrected chi connectivity index (χ2v) is 4.82. The molecular weight excluding hydrogens is 230 g/mol. The molecule has 0 unspecified atom stereocenters. The standard InChI is InChI=1S/C12H17N5O/c1-13-5-8-3-9(4-8)18-12-10-6-16-17(2)11(10)14-7-15-12/h6-9,13H,3-5H2,1-2H3. The molecule has 2 heterocycles. The third kappa shape index (κ3) is 1.92. The number of aryl methyl sites for hydroxylation is 1. The normalized spacial score (nSPS) is 23.0. The van der Waals surface area contributed by atoms with Crippen molar-refractivity contribution in [1.29, 1.82) is 0 Å². The van der Waals surface area contributed by atoms with E-state index in [4.69, 9.17) is 4.74 Å². The van der Waals surface area contributed by atoms with Crippen molar-refractivity contribution < 1.29 is 4.74 Å². The van der Waals surface area contributed by atoms with Crippen LogP contribution in [0, 0.1) is 5.92 Å². The second kappa shape index (κ2) is 4.53. The molecule has 1 saturated carbocycles. The highest BCUT2D eigenvalue weighted by Crippen LogP contribution is 2.32. The Morgan fingerprint density at radius 1 is 1.44 bits per heavy atom. The Hall–Kier alpha value is -1.69. The number of nitrogens with one attached hydrogen (secondary N) is 1. The lowest BCUT2D eigenvalue weighted by Crippen LogP contribution is -2.38. The maximum atomic E-state index is 5.92. The first-order chi connectivity index (χ1) is 8.78. The summed E-state index contributed by atoms with van der Waals surface area (Å²) in [6, 6.07) is 0. The zero-order valence-electron chi connectivity index (χ0n) is 10.6. The van der Waals surface area contributed by atoms with Crippen LogP contribution in [-0.2, 0) is 7.05 Å². The van der Waals surface area contributed by atoms with Gasteiger partial charge in [-0.1, -0.05) is 0 Å². The summed E-state index contributed by atoms with van der Waals surface area (Å²) in [5.74, 6) is 1.38. The largest absolute Gasteiger partial charge is 0.474 e. The van der Waals surface area contributed by atoms with Gasteiger partial charge in [0.05, 0.1) is 6.20 Å². The van der Waals surface area contributed by atoms with Crippen LogP contribution in [0.2, 0.25) is 0 Å². The molecule has 1 aliphatic rings. The van der Waals surface area contributed by atoms with Gasteiger partial charge in [0.25, 0.3) is 0 Å². The van der Waals surface area contributed by atoms with Crippen molar-refractivity contribution in [2.75, 3.05) is 13.6 Å². The molecule has 0 aromatic carbocycles. The molecule has 18 heavy (non-hydrogen) atoms. The number of nitrogens with zero attached hydrogens (tertiary/aromatic N) is 4. The summed E-state index contributed by atoms with van der Waals surface area (Å²) in [7, 11) is 3.85. The summed E-state index contributed by atoms with van der Waals surface area (Å²) in [5, 5.41) is 8.25. The molecule has 0 saturated heterocycles. The van der Waals surface area contributed by atoms with E-state index in [0.29, 0.717) is 5.88 Å². The highest BCUT2D eigenvalue weighted by Gasteiger charge is 2.31. The molecule has 2 aromatic rings. The van der Waals surface area contributed by atoms with E-state index >= 15 is 0 Å². The number of hydrogen-bond acceptors (Lipinski definition) is 5. The van der Waals surface area contributed by atoms with Gasteiger partial charge in [0.2, 0.25) is 5.88 Å². The van der Waals surface area contributed by atoms with Crippen molar-refractivity contribution in [3.63, 3.8) is 0 Å². The fraction of sp³-hybridized carbons (Fsp3) is 0.583. The van der Waals surface area contributed by atoms with Gasteiger partial charge in [-0.2, -0.15) is 5.10 Å². The number of fused-ring (bicyclic) bond motifs is 1. The van der Waals surface area contributed by atoms with Crippen molar-refractivity contribution >= 4 is 11.0 Å². The van der Waals surface area contributed by atoms with Crippen LogP contribution >= 0.6 is 0 Å². The van der Waals surface area contributed by atoms with Gasteiger partial charge in [-0.05, 0) is 32.4 Å². The molecule has 0 radical (unpaired) electrons. The fourth-order valence-electron chi connectivity index (χ4n) is 2.42. The highest BCUT2D eigenvalue weighted by atomic mass is 16.5. The van der Waals surface area contributed by atoms with Crippen LogP contribution in [0.4, 0.5) is 0 Å². The van der Waals surface area contributed by atoms with Crippen LogP contribution < -0.4 is 10.1 Å². The number of hydrogen-bond donors (Lipinski definition) is 1.